The summed E-state index contributed by atoms with van der Waals surface area (Å²) in [6.45, 7) is 2.04. The van der Waals surface area contributed by atoms with Crippen molar-refractivity contribution in [2.75, 3.05) is 0 Å². The summed E-state index contributed by atoms with van der Waals surface area (Å²) in [6.07, 6.45) is 4.40. The Kier molecular flexibility index (Phi) is 4.50. The molecule has 0 atom stereocenters. The number of primary amides is 1. The molecule has 2 aromatic carbocycles. The van der Waals surface area contributed by atoms with Crippen LogP contribution in [0.4, 0.5) is 4.39 Å². The average Bonchev–Trinajstić information content (AvgIpc) is 3.33. The van der Waals surface area contributed by atoms with Crippen LogP contribution in [0.25, 0.3) is 22.0 Å². The van der Waals surface area contributed by atoms with Crippen molar-refractivity contribution >= 4 is 16.8 Å². The third-order valence-electron chi connectivity index (χ3n) is 6.16. The fourth-order valence-electron chi connectivity index (χ4n) is 4.83. The summed E-state index contributed by atoms with van der Waals surface area (Å²) in [5.74, 6) is -0.989. The SMILES string of the molecule is Cc1ccc(F)c(Cn2c(C(N)=O)c(-c3ccc[nH]c3=O)c3c4c(ccc32)CCC4)c1. The highest BCUT2D eigenvalue weighted by molar-refractivity contribution is 6.11. The number of nitrogens with zero attached hydrogens (tertiary/aromatic N) is 1. The van der Waals surface area contributed by atoms with Gasteiger partial charge in [0, 0.05) is 33.8 Å². The van der Waals surface area contributed by atoms with E-state index < -0.39 is 5.91 Å². The molecule has 2 heterocycles. The number of hydrogen-bond acceptors (Lipinski definition) is 2. The van der Waals surface area contributed by atoms with Gasteiger partial charge in [0.1, 0.15) is 11.5 Å². The van der Waals surface area contributed by atoms with Crippen LogP contribution in [0, 0.1) is 12.7 Å². The van der Waals surface area contributed by atoms with Crippen molar-refractivity contribution in [1.29, 1.82) is 0 Å². The second-order valence-electron chi connectivity index (χ2n) is 8.13. The lowest BCUT2D eigenvalue weighted by Crippen LogP contribution is -2.20. The highest BCUT2D eigenvalue weighted by atomic mass is 19.1. The molecule has 1 aliphatic rings. The Morgan fingerprint density at radius 1 is 1.19 bits per heavy atom. The molecular weight excluding hydrogens is 393 g/mol. The van der Waals surface area contributed by atoms with Crippen LogP contribution in [0.1, 0.15) is 39.2 Å². The molecule has 4 aromatic rings. The van der Waals surface area contributed by atoms with E-state index in [1.807, 2.05) is 13.0 Å². The van der Waals surface area contributed by atoms with Crippen LogP contribution in [-0.2, 0) is 19.4 Å². The zero-order chi connectivity index (χ0) is 21.7. The summed E-state index contributed by atoms with van der Waals surface area (Å²) in [7, 11) is 0. The van der Waals surface area contributed by atoms with Crippen molar-refractivity contribution in [2.24, 2.45) is 5.73 Å². The number of nitrogens with one attached hydrogen (secondary N) is 1. The second kappa shape index (κ2) is 7.23. The molecule has 0 spiro atoms. The van der Waals surface area contributed by atoms with Crippen LogP contribution in [0.3, 0.4) is 0 Å². The van der Waals surface area contributed by atoms with Gasteiger partial charge >= 0.3 is 0 Å². The number of aromatic nitrogens is 2. The van der Waals surface area contributed by atoms with E-state index in [0.717, 1.165) is 41.3 Å². The van der Waals surface area contributed by atoms with E-state index in [9.17, 15) is 14.0 Å². The smallest absolute Gasteiger partial charge is 0.266 e. The van der Waals surface area contributed by atoms with Crippen LogP contribution in [0.2, 0.25) is 0 Å². The predicted octanol–water partition coefficient (Wildman–Crippen LogP) is 4.08. The van der Waals surface area contributed by atoms with Gasteiger partial charge in [-0.15, -0.1) is 0 Å². The first-order valence-electron chi connectivity index (χ1n) is 10.4. The van der Waals surface area contributed by atoms with Gasteiger partial charge in [-0.2, -0.15) is 0 Å². The summed E-state index contributed by atoms with van der Waals surface area (Å²) in [5, 5.41) is 0.869. The van der Waals surface area contributed by atoms with Crippen LogP contribution < -0.4 is 11.3 Å². The number of aromatic amines is 1. The number of amides is 1. The van der Waals surface area contributed by atoms with E-state index >= 15 is 0 Å². The van der Waals surface area contributed by atoms with Gasteiger partial charge in [-0.3, -0.25) is 9.59 Å². The molecule has 1 aliphatic carbocycles. The first-order chi connectivity index (χ1) is 15.0. The van der Waals surface area contributed by atoms with Gasteiger partial charge in [-0.1, -0.05) is 23.8 Å². The second-order valence-corrected chi connectivity index (χ2v) is 8.13. The monoisotopic (exact) mass is 415 g/mol. The van der Waals surface area contributed by atoms with E-state index in [0.29, 0.717) is 16.7 Å². The first kappa shape index (κ1) is 19.3. The summed E-state index contributed by atoms with van der Waals surface area (Å²) in [5.41, 5.74) is 11.3. The van der Waals surface area contributed by atoms with Crippen molar-refractivity contribution in [3.8, 4) is 11.1 Å². The maximum Gasteiger partial charge on any atom is 0.266 e. The number of halogens is 1. The molecule has 2 aromatic heterocycles. The molecule has 31 heavy (non-hydrogen) atoms. The number of nitrogens with two attached hydrogens (primary N) is 1. The van der Waals surface area contributed by atoms with Gasteiger partial charge in [0.25, 0.3) is 11.5 Å². The minimum Gasteiger partial charge on any atom is -0.364 e. The number of fused-ring (bicyclic) bond motifs is 3. The molecule has 0 saturated carbocycles. The molecule has 0 radical (unpaired) electrons. The Morgan fingerprint density at radius 3 is 2.81 bits per heavy atom. The molecule has 5 rings (SSSR count). The largest absolute Gasteiger partial charge is 0.364 e. The summed E-state index contributed by atoms with van der Waals surface area (Å²) in [6, 6.07) is 12.4. The summed E-state index contributed by atoms with van der Waals surface area (Å²) in [4.78, 5) is 28.2. The van der Waals surface area contributed by atoms with E-state index in [2.05, 4.69) is 11.1 Å². The Balaban J connectivity index is 1.89. The highest BCUT2D eigenvalue weighted by Crippen LogP contribution is 2.40. The Labute approximate surface area is 178 Å². The van der Waals surface area contributed by atoms with Crippen LogP contribution in [0.5, 0.6) is 0 Å². The number of carbonyl (C=O) groups excluding carboxylic acids is 1. The molecule has 1 amide bonds. The fraction of sp³-hybridized carbons (Fsp3) is 0.200. The van der Waals surface area contributed by atoms with E-state index in [1.165, 1.54) is 11.6 Å². The maximum absolute atomic E-state index is 14.6. The number of hydrogen-bond donors (Lipinski definition) is 2. The van der Waals surface area contributed by atoms with Crippen molar-refractivity contribution < 1.29 is 9.18 Å². The van der Waals surface area contributed by atoms with Crippen molar-refractivity contribution in [3.05, 3.63) is 92.8 Å². The maximum atomic E-state index is 14.6. The lowest BCUT2D eigenvalue weighted by atomic mass is 9.97. The van der Waals surface area contributed by atoms with Crippen molar-refractivity contribution in [2.45, 2.75) is 32.7 Å². The van der Waals surface area contributed by atoms with Crippen molar-refractivity contribution in [3.63, 3.8) is 0 Å². The fourth-order valence-corrected chi connectivity index (χ4v) is 4.83. The van der Waals surface area contributed by atoms with Gasteiger partial charge in [0.15, 0.2) is 0 Å². The van der Waals surface area contributed by atoms with E-state index in [1.54, 1.807) is 35.0 Å². The zero-order valence-corrected chi connectivity index (χ0v) is 17.2. The number of rotatable bonds is 4. The molecule has 156 valence electrons. The number of pyridine rings is 1. The third kappa shape index (κ3) is 3.06. The van der Waals surface area contributed by atoms with E-state index in [-0.39, 0.29) is 23.6 Å². The van der Waals surface area contributed by atoms with Crippen LogP contribution >= 0.6 is 0 Å². The van der Waals surface area contributed by atoms with E-state index in [4.69, 9.17) is 5.73 Å². The van der Waals surface area contributed by atoms with Gasteiger partial charge < -0.3 is 15.3 Å². The zero-order valence-electron chi connectivity index (χ0n) is 17.2. The molecule has 6 heteroatoms. The number of aryl methyl sites for hydroxylation is 3. The average molecular weight is 415 g/mol. The lowest BCUT2D eigenvalue weighted by molar-refractivity contribution is 0.0993. The molecular formula is C25H22FN3O2. The summed E-state index contributed by atoms with van der Waals surface area (Å²) < 4.78 is 16.4. The third-order valence-corrected chi connectivity index (χ3v) is 6.16. The predicted molar refractivity (Wildman–Crippen MR) is 119 cm³/mol. The van der Waals surface area contributed by atoms with Crippen LogP contribution in [-0.4, -0.2) is 15.5 Å². The molecule has 0 unspecified atom stereocenters. The van der Waals surface area contributed by atoms with Crippen molar-refractivity contribution in [1.82, 2.24) is 9.55 Å². The van der Waals surface area contributed by atoms with Gasteiger partial charge in [0.05, 0.1) is 6.54 Å². The minimum atomic E-state index is -0.644. The summed E-state index contributed by atoms with van der Waals surface area (Å²) >= 11 is 0. The molecule has 0 aliphatic heterocycles. The van der Waals surface area contributed by atoms with Gasteiger partial charge in [-0.05, 0) is 61.6 Å². The standard InChI is InChI=1S/C25H22FN3O2/c1-14-7-9-19(26)16(12-14)13-29-20-10-8-15-4-2-5-17(15)21(20)22(23(29)24(27)30)18-6-3-11-28-25(18)31/h3,6-12H,2,4-5,13H2,1H3,(H2,27,30)(H,28,31). The Bertz CT molecular complexity index is 1410. The Morgan fingerprint density at radius 2 is 2.03 bits per heavy atom. The highest BCUT2D eigenvalue weighted by Gasteiger charge is 2.28. The molecule has 0 fully saturated rings. The number of H-pyrrole nitrogens is 1. The number of benzene rings is 2. The normalized spacial score (nSPS) is 13.0. The molecule has 3 N–H and O–H groups in total. The molecule has 0 bridgehead atoms. The molecule has 5 nitrogen and oxygen atoms in total. The minimum absolute atomic E-state index is 0.145. The quantitative estimate of drug-likeness (QED) is 0.527. The Hall–Kier alpha value is -3.67. The first-order valence-corrected chi connectivity index (χ1v) is 10.4. The van der Waals surface area contributed by atoms with Gasteiger partial charge in [0.2, 0.25) is 0 Å². The number of carbonyl (C=O) groups is 1. The molecule has 0 saturated heterocycles. The lowest BCUT2D eigenvalue weighted by Gasteiger charge is -2.12. The van der Waals surface area contributed by atoms with Gasteiger partial charge in [-0.25, -0.2) is 4.39 Å². The topological polar surface area (TPSA) is 80.9 Å². The van der Waals surface area contributed by atoms with Crippen LogP contribution in [0.15, 0.2) is 53.5 Å².